The smallest absolute Gasteiger partial charge is 0.128 e. The quantitative estimate of drug-likeness (QED) is 0.922. The number of nitrogens with zero attached hydrogens (tertiary/aromatic N) is 1. The number of benzene rings is 1. The summed E-state index contributed by atoms with van der Waals surface area (Å²) >= 11 is 0. The average molecular weight is 286 g/mol. The van der Waals surface area contributed by atoms with Gasteiger partial charge in [-0.3, -0.25) is 0 Å². The Kier molecular flexibility index (Phi) is 3.94. The highest BCUT2D eigenvalue weighted by Gasteiger charge is 2.25. The predicted molar refractivity (Wildman–Crippen MR) is 88.3 cm³/mol. The van der Waals surface area contributed by atoms with Gasteiger partial charge in [-0.2, -0.15) is 0 Å². The monoisotopic (exact) mass is 286 g/mol. The van der Waals surface area contributed by atoms with Crippen molar-refractivity contribution in [3.05, 3.63) is 29.5 Å². The normalized spacial score (nSPS) is 19.8. The Bertz CT molecular complexity index is 629. The molecule has 1 aromatic heterocycles. The van der Waals surface area contributed by atoms with Gasteiger partial charge < -0.3 is 14.6 Å². The highest BCUT2D eigenvalue weighted by molar-refractivity contribution is 5.90. The zero-order valence-corrected chi connectivity index (χ0v) is 13.6. The molecule has 1 saturated heterocycles. The Morgan fingerprint density at radius 1 is 1.38 bits per heavy atom. The van der Waals surface area contributed by atoms with Crippen LogP contribution < -0.4 is 4.74 Å². The number of likely N-dealkylation sites (N-methyl/N-ethyl adjacent to an activating group) is 1. The van der Waals surface area contributed by atoms with Crippen molar-refractivity contribution >= 4 is 10.9 Å². The number of hydrogen-bond donors (Lipinski definition) is 1. The maximum atomic E-state index is 5.62. The van der Waals surface area contributed by atoms with Gasteiger partial charge in [0.25, 0.3) is 0 Å². The second kappa shape index (κ2) is 5.72. The minimum atomic E-state index is 0.504. The van der Waals surface area contributed by atoms with Crippen molar-refractivity contribution < 1.29 is 4.74 Å². The number of hydrogen-bond acceptors (Lipinski definition) is 2. The first-order valence-electron chi connectivity index (χ1n) is 7.99. The standard InChI is InChI=1S/C18H26N2O/c1-12(2)18-14(11-13-7-6-10-20(13)3)17-15(19-18)8-5-9-16(17)21-4/h5,8-9,12-13,19H,6-7,10-11H2,1-4H3/t13-/m1/s1. The molecule has 3 rings (SSSR count). The van der Waals surface area contributed by atoms with Crippen molar-refractivity contribution in [2.75, 3.05) is 20.7 Å². The van der Waals surface area contributed by atoms with Gasteiger partial charge in [0.1, 0.15) is 5.75 Å². The summed E-state index contributed by atoms with van der Waals surface area (Å²) in [7, 11) is 4.01. The van der Waals surface area contributed by atoms with Gasteiger partial charge in [-0.1, -0.05) is 19.9 Å². The largest absolute Gasteiger partial charge is 0.496 e. The molecule has 0 unspecified atom stereocenters. The lowest BCUT2D eigenvalue weighted by molar-refractivity contribution is 0.309. The molecule has 1 aliphatic rings. The molecule has 1 N–H and O–H groups in total. The maximum Gasteiger partial charge on any atom is 0.128 e. The van der Waals surface area contributed by atoms with Gasteiger partial charge >= 0.3 is 0 Å². The molecule has 3 heteroatoms. The van der Waals surface area contributed by atoms with Gasteiger partial charge in [-0.25, -0.2) is 0 Å². The Labute approximate surface area is 127 Å². The lowest BCUT2D eigenvalue weighted by Crippen LogP contribution is -2.27. The minimum Gasteiger partial charge on any atom is -0.496 e. The summed E-state index contributed by atoms with van der Waals surface area (Å²) in [6, 6.07) is 6.95. The van der Waals surface area contributed by atoms with Gasteiger partial charge in [0.15, 0.2) is 0 Å². The SMILES string of the molecule is COc1cccc2[nH]c(C(C)C)c(C[C@H]3CCCN3C)c12. The molecule has 114 valence electrons. The van der Waals surface area contributed by atoms with Crippen LogP contribution in [0.5, 0.6) is 5.75 Å². The zero-order chi connectivity index (χ0) is 15.0. The second-order valence-electron chi connectivity index (χ2n) is 6.54. The lowest BCUT2D eigenvalue weighted by Gasteiger charge is -2.20. The third-order valence-corrected chi connectivity index (χ3v) is 4.83. The molecule has 2 heterocycles. The summed E-state index contributed by atoms with van der Waals surface area (Å²) in [6.07, 6.45) is 3.73. The van der Waals surface area contributed by atoms with E-state index in [2.05, 4.69) is 49.0 Å². The molecule has 0 amide bonds. The van der Waals surface area contributed by atoms with Gasteiger partial charge in [-0.05, 0) is 56.5 Å². The van der Waals surface area contributed by atoms with Crippen molar-refractivity contribution in [1.82, 2.24) is 9.88 Å². The lowest BCUT2D eigenvalue weighted by atomic mass is 9.96. The topological polar surface area (TPSA) is 28.3 Å². The maximum absolute atomic E-state index is 5.62. The highest BCUT2D eigenvalue weighted by atomic mass is 16.5. The number of ether oxygens (including phenoxy) is 1. The number of H-pyrrole nitrogens is 1. The Hall–Kier alpha value is -1.48. The number of nitrogens with one attached hydrogen (secondary N) is 1. The third-order valence-electron chi connectivity index (χ3n) is 4.83. The highest BCUT2D eigenvalue weighted by Crippen LogP contribution is 2.36. The Morgan fingerprint density at radius 2 is 2.19 bits per heavy atom. The van der Waals surface area contributed by atoms with Crippen molar-refractivity contribution in [3.63, 3.8) is 0 Å². The average Bonchev–Trinajstić information content (AvgIpc) is 3.04. The number of fused-ring (bicyclic) bond motifs is 1. The Balaban J connectivity index is 2.10. The van der Waals surface area contributed by atoms with Crippen LogP contribution in [0, 0.1) is 0 Å². The molecule has 0 saturated carbocycles. The van der Waals surface area contributed by atoms with Crippen LogP contribution >= 0.6 is 0 Å². The van der Waals surface area contributed by atoms with Crippen LogP contribution in [0.15, 0.2) is 18.2 Å². The van der Waals surface area contributed by atoms with E-state index in [1.807, 2.05) is 0 Å². The molecule has 21 heavy (non-hydrogen) atoms. The fraction of sp³-hybridized carbons (Fsp3) is 0.556. The fourth-order valence-corrected chi connectivity index (χ4v) is 3.65. The minimum absolute atomic E-state index is 0.504. The van der Waals surface area contributed by atoms with Gasteiger partial charge in [0.2, 0.25) is 0 Å². The summed E-state index contributed by atoms with van der Waals surface area (Å²) < 4.78 is 5.62. The molecule has 0 radical (unpaired) electrons. The van der Waals surface area contributed by atoms with Crippen LogP contribution in [0.1, 0.15) is 43.9 Å². The molecule has 0 spiro atoms. The van der Waals surface area contributed by atoms with E-state index in [0.29, 0.717) is 12.0 Å². The van der Waals surface area contributed by atoms with Gasteiger partial charge in [-0.15, -0.1) is 0 Å². The number of likely N-dealkylation sites (tertiary alicyclic amines) is 1. The van der Waals surface area contributed by atoms with E-state index in [1.54, 1.807) is 7.11 Å². The summed E-state index contributed by atoms with van der Waals surface area (Å²) in [5.74, 6) is 1.50. The molecule has 1 fully saturated rings. The first-order valence-corrected chi connectivity index (χ1v) is 7.99. The zero-order valence-electron chi connectivity index (χ0n) is 13.6. The van der Waals surface area contributed by atoms with Crippen molar-refractivity contribution in [2.24, 2.45) is 0 Å². The van der Waals surface area contributed by atoms with E-state index in [-0.39, 0.29) is 0 Å². The van der Waals surface area contributed by atoms with Crippen LogP contribution in [-0.2, 0) is 6.42 Å². The van der Waals surface area contributed by atoms with Crippen LogP contribution in [0.2, 0.25) is 0 Å². The van der Waals surface area contributed by atoms with E-state index >= 15 is 0 Å². The molecule has 3 nitrogen and oxygen atoms in total. The molecular formula is C18H26N2O. The first kappa shape index (κ1) is 14.5. The van der Waals surface area contributed by atoms with E-state index < -0.39 is 0 Å². The second-order valence-corrected chi connectivity index (χ2v) is 6.54. The summed E-state index contributed by atoms with van der Waals surface area (Å²) in [5.41, 5.74) is 4.03. The van der Waals surface area contributed by atoms with E-state index in [0.717, 1.165) is 12.2 Å². The van der Waals surface area contributed by atoms with Crippen molar-refractivity contribution in [1.29, 1.82) is 0 Å². The number of aromatic nitrogens is 1. The van der Waals surface area contributed by atoms with E-state index in [4.69, 9.17) is 4.74 Å². The van der Waals surface area contributed by atoms with Crippen LogP contribution in [0.4, 0.5) is 0 Å². The van der Waals surface area contributed by atoms with Crippen molar-refractivity contribution in [2.45, 2.75) is 45.1 Å². The molecule has 1 aromatic carbocycles. The molecule has 2 aromatic rings. The molecule has 1 atom stereocenters. The van der Waals surface area contributed by atoms with Crippen molar-refractivity contribution in [3.8, 4) is 5.75 Å². The van der Waals surface area contributed by atoms with Gasteiger partial charge in [0.05, 0.1) is 7.11 Å². The molecule has 1 aliphatic heterocycles. The van der Waals surface area contributed by atoms with E-state index in [9.17, 15) is 0 Å². The van der Waals surface area contributed by atoms with E-state index in [1.165, 1.54) is 41.5 Å². The number of rotatable bonds is 4. The molecular weight excluding hydrogens is 260 g/mol. The fourth-order valence-electron chi connectivity index (χ4n) is 3.65. The molecule has 0 aliphatic carbocycles. The van der Waals surface area contributed by atoms with Crippen LogP contribution in [-0.4, -0.2) is 36.6 Å². The van der Waals surface area contributed by atoms with Crippen LogP contribution in [0.25, 0.3) is 10.9 Å². The first-order chi connectivity index (χ1) is 10.1. The Morgan fingerprint density at radius 3 is 2.81 bits per heavy atom. The van der Waals surface area contributed by atoms with Gasteiger partial charge in [0, 0.05) is 22.6 Å². The van der Waals surface area contributed by atoms with Crippen LogP contribution in [0.3, 0.4) is 0 Å². The number of methoxy groups -OCH3 is 1. The summed E-state index contributed by atoms with van der Waals surface area (Å²) in [5, 5.41) is 1.28. The number of aromatic amines is 1. The summed E-state index contributed by atoms with van der Waals surface area (Å²) in [4.78, 5) is 6.13. The third kappa shape index (κ3) is 2.55. The predicted octanol–water partition coefficient (Wildman–Crippen LogP) is 3.94. The summed E-state index contributed by atoms with van der Waals surface area (Å²) in [6.45, 7) is 5.75. The molecule has 0 bridgehead atoms.